The predicted molar refractivity (Wildman–Crippen MR) is 103 cm³/mol. The maximum absolute atomic E-state index is 12.0. The van der Waals surface area contributed by atoms with Crippen LogP contribution in [0.25, 0.3) is 0 Å². The van der Waals surface area contributed by atoms with Gasteiger partial charge in [0.15, 0.2) is 0 Å². The molecule has 0 aliphatic carbocycles. The number of halogens is 1. The number of thioether (sulfide) groups is 1. The minimum atomic E-state index is -0.0601. The van der Waals surface area contributed by atoms with Crippen LogP contribution in [0.1, 0.15) is 13.3 Å². The van der Waals surface area contributed by atoms with Crippen molar-refractivity contribution in [2.75, 3.05) is 19.5 Å². The van der Waals surface area contributed by atoms with Crippen LogP contribution >= 0.6 is 23.4 Å². The van der Waals surface area contributed by atoms with Gasteiger partial charge in [-0.2, -0.15) is 0 Å². The van der Waals surface area contributed by atoms with Crippen molar-refractivity contribution in [1.82, 2.24) is 5.32 Å². The van der Waals surface area contributed by atoms with Gasteiger partial charge in [-0.15, -0.1) is 11.8 Å². The predicted octanol–water partition coefficient (Wildman–Crippen LogP) is 4.41. The molecule has 0 aliphatic heterocycles. The topological polar surface area (TPSA) is 47.6 Å². The van der Waals surface area contributed by atoms with Crippen LogP contribution in [-0.4, -0.2) is 31.4 Å². The summed E-state index contributed by atoms with van der Waals surface area (Å²) in [5.41, 5.74) is 0. The maximum Gasteiger partial charge on any atom is 0.221 e. The van der Waals surface area contributed by atoms with Gasteiger partial charge in [0, 0.05) is 22.1 Å². The minimum Gasteiger partial charge on any atom is -0.497 e. The summed E-state index contributed by atoms with van der Waals surface area (Å²) in [6, 6.07) is 14.9. The Hall–Kier alpha value is -1.85. The standard InChI is InChI=1S/C19H22ClNO3S/c1-14(13-24-17-7-5-16(23-2)6-8-17)21-19(22)11-12-25-18-9-3-15(20)4-10-18/h3-10,14H,11-13H2,1-2H3,(H,21,22)/t14-/m1/s1. The highest BCUT2D eigenvalue weighted by Gasteiger charge is 2.08. The fraction of sp³-hybridized carbons (Fsp3) is 0.316. The van der Waals surface area contributed by atoms with E-state index >= 15 is 0 Å². The average molecular weight is 380 g/mol. The van der Waals surface area contributed by atoms with E-state index in [1.807, 2.05) is 55.5 Å². The third kappa shape index (κ3) is 7.28. The normalized spacial score (nSPS) is 11.6. The molecule has 2 rings (SSSR count). The SMILES string of the molecule is COc1ccc(OC[C@@H](C)NC(=O)CCSc2ccc(Cl)cc2)cc1. The summed E-state index contributed by atoms with van der Waals surface area (Å²) in [6.45, 7) is 2.34. The van der Waals surface area contributed by atoms with Gasteiger partial charge in [-0.1, -0.05) is 11.6 Å². The fourth-order valence-corrected chi connectivity index (χ4v) is 3.05. The number of benzene rings is 2. The molecule has 0 bridgehead atoms. The Kier molecular flexibility index (Phi) is 7.95. The maximum atomic E-state index is 12.0. The molecule has 1 amide bonds. The van der Waals surface area contributed by atoms with E-state index in [4.69, 9.17) is 21.1 Å². The molecule has 6 heteroatoms. The van der Waals surface area contributed by atoms with E-state index in [0.29, 0.717) is 18.1 Å². The number of nitrogens with one attached hydrogen (secondary N) is 1. The van der Waals surface area contributed by atoms with E-state index in [0.717, 1.165) is 22.1 Å². The molecule has 0 fully saturated rings. The largest absolute Gasteiger partial charge is 0.497 e. The molecule has 0 spiro atoms. The zero-order valence-corrected chi connectivity index (χ0v) is 15.9. The Morgan fingerprint density at radius 1 is 1.12 bits per heavy atom. The molecular formula is C19H22ClNO3S. The summed E-state index contributed by atoms with van der Waals surface area (Å²) in [7, 11) is 1.62. The van der Waals surface area contributed by atoms with Gasteiger partial charge in [-0.25, -0.2) is 0 Å². The van der Waals surface area contributed by atoms with Gasteiger partial charge in [0.05, 0.1) is 13.2 Å². The molecule has 0 heterocycles. The second kappa shape index (κ2) is 10.2. The van der Waals surface area contributed by atoms with Crippen LogP contribution in [0.15, 0.2) is 53.4 Å². The molecule has 1 N–H and O–H groups in total. The number of ether oxygens (including phenoxy) is 2. The Morgan fingerprint density at radius 2 is 1.76 bits per heavy atom. The first kappa shape index (κ1) is 19.5. The summed E-state index contributed by atoms with van der Waals surface area (Å²) in [6.07, 6.45) is 0.459. The summed E-state index contributed by atoms with van der Waals surface area (Å²) in [5.74, 6) is 2.28. The number of amides is 1. The second-order valence-corrected chi connectivity index (χ2v) is 7.11. The average Bonchev–Trinajstić information content (AvgIpc) is 2.62. The van der Waals surface area contributed by atoms with Crippen molar-refractivity contribution in [3.05, 3.63) is 53.6 Å². The third-order valence-corrected chi connectivity index (χ3v) is 4.64. The van der Waals surface area contributed by atoms with Gasteiger partial charge in [-0.05, 0) is 55.5 Å². The van der Waals surface area contributed by atoms with Crippen molar-refractivity contribution < 1.29 is 14.3 Å². The number of methoxy groups -OCH3 is 1. The van der Waals surface area contributed by atoms with Crippen LogP contribution in [0, 0.1) is 0 Å². The van der Waals surface area contributed by atoms with E-state index in [9.17, 15) is 4.79 Å². The van der Waals surface area contributed by atoms with Gasteiger partial charge in [0.2, 0.25) is 5.91 Å². The minimum absolute atomic E-state index is 0.0206. The Balaban J connectivity index is 1.64. The molecule has 0 aromatic heterocycles. The molecule has 2 aromatic rings. The summed E-state index contributed by atoms with van der Waals surface area (Å²) in [5, 5.41) is 3.66. The number of hydrogen-bond donors (Lipinski definition) is 1. The molecular weight excluding hydrogens is 358 g/mol. The Morgan fingerprint density at radius 3 is 2.40 bits per heavy atom. The quantitative estimate of drug-likeness (QED) is 0.655. The molecule has 2 aromatic carbocycles. The lowest BCUT2D eigenvalue weighted by Crippen LogP contribution is -2.36. The second-order valence-electron chi connectivity index (χ2n) is 5.51. The van der Waals surface area contributed by atoms with Crippen molar-refractivity contribution in [2.45, 2.75) is 24.3 Å². The molecule has 4 nitrogen and oxygen atoms in total. The zero-order chi connectivity index (χ0) is 18.1. The van der Waals surface area contributed by atoms with Crippen LogP contribution in [0.5, 0.6) is 11.5 Å². The van der Waals surface area contributed by atoms with Crippen molar-refractivity contribution in [1.29, 1.82) is 0 Å². The monoisotopic (exact) mass is 379 g/mol. The highest BCUT2D eigenvalue weighted by atomic mass is 35.5. The number of rotatable bonds is 9. The van der Waals surface area contributed by atoms with Gasteiger partial charge >= 0.3 is 0 Å². The lowest BCUT2D eigenvalue weighted by Gasteiger charge is -2.15. The van der Waals surface area contributed by atoms with Crippen molar-refractivity contribution in [3.8, 4) is 11.5 Å². The fourth-order valence-electron chi connectivity index (χ4n) is 2.07. The van der Waals surface area contributed by atoms with E-state index in [2.05, 4.69) is 5.32 Å². The Bertz CT molecular complexity index is 661. The summed E-state index contributed by atoms with van der Waals surface area (Å²) < 4.78 is 10.8. The van der Waals surface area contributed by atoms with Crippen LogP contribution in [0.4, 0.5) is 0 Å². The highest BCUT2D eigenvalue weighted by Crippen LogP contribution is 2.21. The molecule has 0 radical (unpaired) electrons. The molecule has 25 heavy (non-hydrogen) atoms. The van der Waals surface area contributed by atoms with Crippen molar-refractivity contribution in [3.63, 3.8) is 0 Å². The number of carbonyl (C=O) groups excluding carboxylic acids is 1. The zero-order valence-electron chi connectivity index (χ0n) is 14.3. The molecule has 0 unspecified atom stereocenters. The highest BCUT2D eigenvalue weighted by molar-refractivity contribution is 7.99. The van der Waals surface area contributed by atoms with E-state index in [-0.39, 0.29) is 11.9 Å². The molecule has 0 saturated carbocycles. The lowest BCUT2D eigenvalue weighted by atomic mass is 10.3. The first-order chi connectivity index (χ1) is 12.1. The van der Waals surface area contributed by atoms with E-state index in [1.54, 1.807) is 18.9 Å². The first-order valence-corrected chi connectivity index (χ1v) is 9.38. The van der Waals surface area contributed by atoms with Crippen molar-refractivity contribution >= 4 is 29.3 Å². The van der Waals surface area contributed by atoms with Crippen LogP contribution < -0.4 is 14.8 Å². The van der Waals surface area contributed by atoms with Gasteiger partial charge < -0.3 is 14.8 Å². The van der Waals surface area contributed by atoms with E-state index < -0.39 is 0 Å². The van der Waals surface area contributed by atoms with Gasteiger partial charge in [0.25, 0.3) is 0 Å². The molecule has 1 atom stereocenters. The van der Waals surface area contributed by atoms with Gasteiger partial charge in [0.1, 0.15) is 18.1 Å². The van der Waals surface area contributed by atoms with E-state index in [1.165, 1.54) is 0 Å². The first-order valence-electron chi connectivity index (χ1n) is 8.01. The summed E-state index contributed by atoms with van der Waals surface area (Å²) in [4.78, 5) is 13.1. The van der Waals surface area contributed by atoms with Gasteiger partial charge in [-0.3, -0.25) is 4.79 Å². The smallest absolute Gasteiger partial charge is 0.221 e. The lowest BCUT2D eigenvalue weighted by molar-refractivity contribution is -0.121. The van der Waals surface area contributed by atoms with Crippen LogP contribution in [-0.2, 0) is 4.79 Å². The molecule has 0 aliphatic rings. The summed E-state index contributed by atoms with van der Waals surface area (Å²) >= 11 is 7.49. The van der Waals surface area contributed by atoms with Crippen LogP contribution in [0.3, 0.4) is 0 Å². The van der Waals surface area contributed by atoms with Crippen molar-refractivity contribution in [2.24, 2.45) is 0 Å². The number of hydrogen-bond acceptors (Lipinski definition) is 4. The Labute approximate surface area is 157 Å². The molecule has 0 saturated heterocycles. The molecule has 134 valence electrons. The van der Waals surface area contributed by atoms with Crippen LogP contribution in [0.2, 0.25) is 5.02 Å². The third-order valence-electron chi connectivity index (χ3n) is 3.38. The number of carbonyl (C=O) groups is 1.